The first-order chi connectivity index (χ1) is 8.47. The number of amides is 2. The van der Waals surface area contributed by atoms with Crippen LogP contribution in [-0.2, 0) is 9.59 Å². The molecule has 6 heteroatoms. The quantitative estimate of drug-likeness (QED) is 0.853. The van der Waals surface area contributed by atoms with E-state index in [1.807, 2.05) is 0 Å². The van der Waals surface area contributed by atoms with Crippen molar-refractivity contribution >= 4 is 23.2 Å². The van der Waals surface area contributed by atoms with Crippen LogP contribution < -0.4 is 20.1 Å². The number of rotatable bonds is 4. The summed E-state index contributed by atoms with van der Waals surface area (Å²) >= 11 is 0. The average molecular weight is 252 g/mol. The third kappa shape index (κ3) is 3.38. The molecule has 2 N–H and O–H groups in total. The Morgan fingerprint density at radius 2 is 1.22 bits per heavy atom. The smallest absolute Gasteiger partial charge is 0.221 e. The zero-order valence-electron chi connectivity index (χ0n) is 10.8. The first-order valence-corrected chi connectivity index (χ1v) is 5.29. The topological polar surface area (TPSA) is 76.7 Å². The third-order valence-corrected chi connectivity index (χ3v) is 2.14. The van der Waals surface area contributed by atoms with Crippen LogP contribution in [0.3, 0.4) is 0 Å². The number of hydrogen-bond acceptors (Lipinski definition) is 4. The molecule has 6 nitrogen and oxygen atoms in total. The maximum Gasteiger partial charge on any atom is 0.221 e. The maximum absolute atomic E-state index is 11.1. The molecule has 0 saturated carbocycles. The Kier molecular flexibility index (Phi) is 4.53. The van der Waals surface area contributed by atoms with Crippen LogP contribution in [0.25, 0.3) is 0 Å². The summed E-state index contributed by atoms with van der Waals surface area (Å²) in [5.74, 6) is 0.440. The molecule has 0 radical (unpaired) electrons. The molecular formula is C12H16N2O4. The van der Waals surface area contributed by atoms with Gasteiger partial charge in [0.1, 0.15) is 11.5 Å². The van der Waals surface area contributed by atoms with E-state index in [0.29, 0.717) is 22.9 Å². The molecule has 0 heterocycles. The van der Waals surface area contributed by atoms with E-state index in [1.165, 1.54) is 28.1 Å². The minimum atomic E-state index is -0.220. The van der Waals surface area contributed by atoms with E-state index in [0.717, 1.165) is 0 Å². The van der Waals surface area contributed by atoms with E-state index >= 15 is 0 Å². The van der Waals surface area contributed by atoms with Crippen LogP contribution in [-0.4, -0.2) is 26.0 Å². The van der Waals surface area contributed by atoms with Crippen LogP contribution >= 0.6 is 0 Å². The number of carbonyl (C=O) groups excluding carboxylic acids is 2. The van der Waals surface area contributed by atoms with E-state index in [1.54, 1.807) is 12.1 Å². The van der Waals surface area contributed by atoms with Crippen molar-refractivity contribution in [3.8, 4) is 11.5 Å². The molecule has 98 valence electrons. The van der Waals surface area contributed by atoms with Gasteiger partial charge in [-0.25, -0.2) is 0 Å². The predicted octanol–water partition coefficient (Wildman–Crippen LogP) is 1.62. The largest absolute Gasteiger partial charge is 0.494 e. The van der Waals surface area contributed by atoms with Crippen molar-refractivity contribution in [3.63, 3.8) is 0 Å². The van der Waals surface area contributed by atoms with Crippen LogP contribution in [0.4, 0.5) is 11.4 Å². The lowest BCUT2D eigenvalue weighted by Crippen LogP contribution is -2.10. The van der Waals surface area contributed by atoms with Crippen molar-refractivity contribution in [2.24, 2.45) is 0 Å². The fourth-order valence-electron chi connectivity index (χ4n) is 1.47. The van der Waals surface area contributed by atoms with Crippen LogP contribution in [0.15, 0.2) is 12.1 Å². The number of hydrogen-bond donors (Lipinski definition) is 2. The Bertz CT molecular complexity index is 428. The zero-order valence-corrected chi connectivity index (χ0v) is 10.8. The number of nitrogens with one attached hydrogen (secondary N) is 2. The summed E-state index contributed by atoms with van der Waals surface area (Å²) in [5.41, 5.74) is 0.965. The highest BCUT2D eigenvalue weighted by molar-refractivity contribution is 5.94. The van der Waals surface area contributed by atoms with Gasteiger partial charge in [0.05, 0.1) is 25.6 Å². The highest BCUT2D eigenvalue weighted by Gasteiger charge is 2.12. The highest BCUT2D eigenvalue weighted by Crippen LogP contribution is 2.36. The Morgan fingerprint density at radius 1 is 0.889 bits per heavy atom. The van der Waals surface area contributed by atoms with Crippen LogP contribution in [0, 0.1) is 0 Å². The highest BCUT2D eigenvalue weighted by atomic mass is 16.5. The zero-order chi connectivity index (χ0) is 13.7. The molecule has 0 aliphatic carbocycles. The van der Waals surface area contributed by atoms with Gasteiger partial charge in [0, 0.05) is 26.0 Å². The second kappa shape index (κ2) is 5.90. The number of benzene rings is 1. The molecule has 0 unspecified atom stereocenters. The van der Waals surface area contributed by atoms with Gasteiger partial charge in [-0.15, -0.1) is 0 Å². The van der Waals surface area contributed by atoms with Gasteiger partial charge < -0.3 is 20.1 Å². The van der Waals surface area contributed by atoms with Gasteiger partial charge in [-0.1, -0.05) is 0 Å². The lowest BCUT2D eigenvalue weighted by molar-refractivity contribution is -0.115. The molecule has 1 aromatic carbocycles. The number of anilines is 2. The van der Waals surface area contributed by atoms with Crippen molar-refractivity contribution in [3.05, 3.63) is 12.1 Å². The van der Waals surface area contributed by atoms with Crippen molar-refractivity contribution in [2.75, 3.05) is 24.9 Å². The Morgan fingerprint density at radius 3 is 1.44 bits per heavy atom. The van der Waals surface area contributed by atoms with Gasteiger partial charge in [0.15, 0.2) is 0 Å². The lowest BCUT2D eigenvalue weighted by Gasteiger charge is -2.15. The molecule has 18 heavy (non-hydrogen) atoms. The van der Waals surface area contributed by atoms with Gasteiger partial charge >= 0.3 is 0 Å². The van der Waals surface area contributed by atoms with E-state index in [4.69, 9.17) is 9.47 Å². The van der Waals surface area contributed by atoms with Crippen molar-refractivity contribution in [1.29, 1.82) is 0 Å². The van der Waals surface area contributed by atoms with Crippen LogP contribution in [0.1, 0.15) is 13.8 Å². The summed E-state index contributed by atoms with van der Waals surface area (Å²) in [4.78, 5) is 22.1. The SMILES string of the molecule is COc1cc(NC(C)=O)c(OC)cc1NC(C)=O. The summed E-state index contributed by atoms with van der Waals surface area (Å²) < 4.78 is 10.3. The monoisotopic (exact) mass is 252 g/mol. The minimum absolute atomic E-state index is 0.220. The van der Waals surface area contributed by atoms with E-state index in [9.17, 15) is 9.59 Å². The molecule has 0 spiro atoms. The molecule has 0 aliphatic rings. The fourth-order valence-corrected chi connectivity index (χ4v) is 1.47. The minimum Gasteiger partial charge on any atom is -0.494 e. The Balaban J connectivity index is 3.22. The summed E-state index contributed by atoms with van der Waals surface area (Å²) in [6.07, 6.45) is 0. The van der Waals surface area contributed by atoms with Crippen molar-refractivity contribution in [1.82, 2.24) is 0 Å². The standard InChI is InChI=1S/C12H16N2O4/c1-7(15)13-9-5-12(18-4)10(14-8(2)16)6-11(9)17-3/h5-6H,1-4H3,(H,13,15)(H,14,16). The average Bonchev–Trinajstić information content (AvgIpc) is 2.29. The second-order valence-electron chi connectivity index (χ2n) is 3.62. The third-order valence-electron chi connectivity index (χ3n) is 2.14. The molecule has 0 atom stereocenters. The van der Waals surface area contributed by atoms with E-state index in [-0.39, 0.29) is 11.8 Å². The van der Waals surface area contributed by atoms with Gasteiger partial charge in [-0.3, -0.25) is 9.59 Å². The lowest BCUT2D eigenvalue weighted by atomic mass is 10.2. The van der Waals surface area contributed by atoms with Gasteiger partial charge in [-0.2, -0.15) is 0 Å². The molecule has 1 aromatic rings. The van der Waals surface area contributed by atoms with E-state index in [2.05, 4.69) is 10.6 Å². The van der Waals surface area contributed by atoms with Gasteiger partial charge in [-0.05, 0) is 0 Å². The predicted molar refractivity (Wildman–Crippen MR) is 68.2 cm³/mol. The van der Waals surface area contributed by atoms with Gasteiger partial charge in [0.25, 0.3) is 0 Å². The first-order valence-electron chi connectivity index (χ1n) is 5.29. The number of carbonyl (C=O) groups is 2. The van der Waals surface area contributed by atoms with Crippen LogP contribution in [0.2, 0.25) is 0 Å². The Hall–Kier alpha value is -2.24. The molecule has 0 fully saturated rings. The molecular weight excluding hydrogens is 236 g/mol. The fraction of sp³-hybridized carbons (Fsp3) is 0.333. The first kappa shape index (κ1) is 13.8. The number of ether oxygens (including phenoxy) is 2. The summed E-state index contributed by atoms with van der Waals surface area (Å²) in [5, 5.41) is 5.25. The number of methoxy groups -OCH3 is 2. The molecule has 0 saturated heterocycles. The summed E-state index contributed by atoms with van der Waals surface area (Å²) in [6, 6.07) is 3.18. The van der Waals surface area contributed by atoms with Crippen LogP contribution in [0.5, 0.6) is 11.5 Å². The van der Waals surface area contributed by atoms with Crippen molar-refractivity contribution < 1.29 is 19.1 Å². The molecule has 0 bridgehead atoms. The van der Waals surface area contributed by atoms with Gasteiger partial charge in [0.2, 0.25) is 11.8 Å². The summed E-state index contributed by atoms with van der Waals surface area (Å²) in [6.45, 7) is 2.79. The maximum atomic E-state index is 11.1. The second-order valence-corrected chi connectivity index (χ2v) is 3.62. The molecule has 2 amide bonds. The normalized spacial score (nSPS) is 9.56. The summed E-state index contributed by atoms with van der Waals surface area (Å²) in [7, 11) is 2.95. The van der Waals surface area contributed by atoms with Crippen molar-refractivity contribution in [2.45, 2.75) is 13.8 Å². The molecule has 0 aromatic heterocycles. The molecule has 0 aliphatic heterocycles. The molecule has 1 rings (SSSR count). The van der Waals surface area contributed by atoms with E-state index < -0.39 is 0 Å². The Labute approximate surface area is 105 Å².